The quantitative estimate of drug-likeness (QED) is 0.701. The van der Waals surface area contributed by atoms with Gasteiger partial charge in [0, 0.05) is 23.6 Å². The highest BCUT2D eigenvalue weighted by molar-refractivity contribution is 6.07. The molecule has 132 valence electrons. The number of nitrogens with one attached hydrogen (secondary N) is 2. The second kappa shape index (κ2) is 8.02. The summed E-state index contributed by atoms with van der Waals surface area (Å²) in [6, 6.07) is 18.0. The highest BCUT2D eigenvalue weighted by Gasteiger charge is 2.13. The lowest BCUT2D eigenvalue weighted by Crippen LogP contribution is -2.14. The van der Waals surface area contributed by atoms with Crippen molar-refractivity contribution in [1.82, 2.24) is 4.98 Å². The second-order valence-corrected chi connectivity index (χ2v) is 5.44. The van der Waals surface area contributed by atoms with E-state index in [4.69, 9.17) is 9.47 Å². The number of carbonyl (C=O) groups excluding carboxylic acids is 1. The Balaban J connectivity index is 1.80. The van der Waals surface area contributed by atoms with E-state index in [1.165, 1.54) is 0 Å². The monoisotopic (exact) mass is 349 g/mol. The largest absolute Gasteiger partial charge is 0.497 e. The number of rotatable bonds is 6. The fraction of sp³-hybridized carbons (Fsp3) is 0.100. The molecule has 6 heteroatoms. The second-order valence-electron chi connectivity index (χ2n) is 5.44. The molecule has 3 rings (SSSR count). The van der Waals surface area contributed by atoms with Gasteiger partial charge in [-0.2, -0.15) is 0 Å². The molecule has 0 atom stereocenters. The Morgan fingerprint density at radius 2 is 1.65 bits per heavy atom. The van der Waals surface area contributed by atoms with E-state index in [9.17, 15) is 4.79 Å². The Hall–Kier alpha value is -3.54. The average molecular weight is 349 g/mol. The molecule has 0 saturated carbocycles. The Labute approximate surface area is 151 Å². The molecule has 3 aromatic rings. The molecule has 1 amide bonds. The lowest BCUT2D eigenvalue weighted by atomic mass is 10.2. The van der Waals surface area contributed by atoms with Crippen LogP contribution in [0.2, 0.25) is 0 Å². The molecular weight excluding hydrogens is 330 g/mol. The first kappa shape index (κ1) is 17.3. The van der Waals surface area contributed by atoms with E-state index < -0.39 is 0 Å². The summed E-state index contributed by atoms with van der Waals surface area (Å²) >= 11 is 0. The van der Waals surface area contributed by atoms with E-state index in [0.29, 0.717) is 17.1 Å². The zero-order valence-corrected chi connectivity index (χ0v) is 14.5. The van der Waals surface area contributed by atoms with Crippen molar-refractivity contribution in [2.45, 2.75) is 0 Å². The van der Waals surface area contributed by atoms with Crippen molar-refractivity contribution in [2.24, 2.45) is 0 Å². The van der Waals surface area contributed by atoms with Crippen LogP contribution in [0.4, 0.5) is 17.2 Å². The molecule has 0 radical (unpaired) electrons. The molecule has 6 nitrogen and oxygen atoms in total. The number of benzene rings is 2. The van der Waals surface area contributed by atoms with Crippen LogP contribution in [-0.2, 0) is 0 Å². The summed E-state index contributed by atoms with van der Waals surface area (Å²) in [4.78, 5) is 16.9. The van der Waals surface area contributed by atoms with Gasteiger partial charge in [0.2, 0.25) is 0 Å². The van der Waals surface area contributed by atoms with Gasteiger partial charge in [-0.15, -0.1) is 0 Å². The third-order valence-corrected chi connectivity index (χ3v) is 3.73. The number of nitrogens with zero attached hydrogens (tertiary/aromatic N) is 1. The van der Waals surface area contributed by atoms with Crippen molar-refractivity contribution in [3.05, 3.63) is 72.4 Å². The summed E-state index contributed by atoms with van der Waals surface area (Å²) in [6.45, 7) is 0. The average Bonchev–Trinajstić information content (AvgIpc) is 2.69. The number of methoxy groups -OCH3 is 2. The smallest absolute Gasteiger partial charge is 0.259 e. The third kappa shape index (κ3) is 4.10. The van der Waals surface area contributed by atoms with Gasteiger partial charge < -0.3 is 20.1 Å². The van der Waals surface area contributed by atoms with Crippen molar-refractivity contribution in [3.63, 3.8) is 0 Å². The Kier molecular flexibility index (Phi) is 5.34. The zero-order valence-electron chi connectivity index (χ0n) is 14.5. The Morgan fingerprint density at radius 3 is 2.38 bits per heavy atom. The number of anilines is 3. The fourth-order valence-corrected chi connectivity index (χ4v) is 2.40. The van der Waals surface area contributed by atoms with Crippen molar-refractivity contribution in [1.29, 1.82) is 0 Å². The Bertz CT molecular complexity index is 895. The first-order chi connectivity index (χ1) is 12.7. The number of carbonyl (C=O) groups is 1. The third-order valence-electron chi connectivity index (χ3n) is 3.73. The SMILES string of the molecule is COc1ccc(NC(=O)c2cccnc2Nc2cccc(OC)c2)cc1. The summed E-state index contributed by atoms with van der Waals surface area (Å²) in [7, 11) is 3.20. The van der Waals surface area contributed by atoms with Gasteiger partial charge in [-0.05, 0) is 48.5 Å². The molecular formula is C20H19N3O3. The number of ether oxygens (including phenoxy) is 2. The molecule has 1 heterocycles. The summed E-state index contributed by atoms with van der Waals surface area (Å²) in [5.41, 5.74) is 1.89. The van der Waals surface area contributed by atoms with E-state index in [-0.39, 0.29) is 5.91 Å². The fourth-order valence-electron chi connectivity index (χ4n) is 2.40. The standard InChI is InChI=1S/C20H19N3O3/c1-25-16-10-8-14(9-11-16)23-20(24)18-7-4-12-21-19(18)22-15-5-3-6-17(13-15)26-2/h3-13H,1-2H3,(H,21,22)(H,23,24). The summed E-state index contributed by atoms with van der Waals surface area (Å²) < 4.78 is 10.3. The zero-order chi connectivity index (χ0) is 18.4. The van der Waals surface area contributed by atoms with Crippen LogP contribution in [0.5, 0.6) is 11.5 Å². The van der Waals surface area contributed by atoms with Crippen LogP contribution in [0.25, 0.3) is 0 Å². The molecule has 0 unspecified atom stereocenters. The predicted octanol–water partition coefficient (Wildman–Crippen LogP) is 4.09. The van der Waals surface area contributed by atoms with E-state index in [1.807, 2.05) is 24.3 Å². The molecule has 0 aliphatic rings. The van der Waals surface area contributed by atoms with Gasteiger partial charge in [-0.25, -0.2) is 4.98 Å². The van der Waals surface area contributed by atoms with Gasteiger partial charge >= 0.3 is 0 Å². The lowest BCUT2D eigenvalue weighted by Gasteiger charge is -2.12. The van der Waals surface area contributed by atoms with Crippen molar-refractivity contribution in [3.8, 4) is 11.5 Å². The minimum absolute atomic E-state index is 0.256. The predicted molar refractivity (Wildman–Crippen MR) is 101 cm³/mol. The molecule has 2 aromatic carbocycles. The molecule has 2 N–H and O–H groups in total. The van der Waals surface area contributed by atoms with E-state index in [0.717, 1.165) is 17.2 Å². The molecule has 0 aliphatic heterocycles. The minimum atomic E-state index is -0.256. The van der Waals surface area contributed by atoms with Crippen LogP contribution < -0.4 is 20.1 Å². The van der Waals surface area contributed by atoms with Crippen LogP contribution in [0.3, 0.4) is 0 Å². The highest BCUT2D eigenvalue weighted by Crippen LogP contribution is 2.23. The molecule has 0 saturated heterocycles. The van der Waals surface area contributed by atoms with Gasteiger partial charge in [0.05, 0.1) is 19.8 Å². The maximum atomic E-state index is 12.7. The number of hydrogen-bond acceptors (Lipinski definition) is 5. The van der Waals surface area contributed by atoms with E-state index in [1.54, 1.807) is 56.8 Å². The minimum Gasteiger partial charge on any atom is -0.497 e. The van der Waals surface area contributed by atoms with E-state index >= 15 is 0 Å². The molecule has 0 spiro atoms. The lowest BCUT2D eigenvalue weighted by molar-refractivity contribution is 0.102. The number of aromatic nitrogens is 1. The van der Waals surface area contributed by atoms with Crippen LogP contribution in [0, 0.1) is 0 Å². The first-order valence-electron chi connectivity index (χ1n) is 8.01. The van der Waals surface area contributed by atoms with Crippen molar-refractivity contribution in [2.75, 3.05) is 24.9 Å². The van der Waals surface area contributed by atoms with E-state index in [2.05, 4.69) is 15.6 Å². The maximum absolute atomic E-state index is 12.7. The Morgan fingerprint density at radius 1 is 0.885 bits per heavy atom. The molecule has 26 heavy (non-hydrogen) atoms. The summed E-state index contributed by atoms with van der Waals surface area (Å²) in [6.07, 6.45) is 1.63. The number of amides is 1. The van der Waals surface area contributed by atoms with Gasteiger partial charge in [0.15, 0.2) is 0 Å². The molecule has 0 aliphatic carbocycles. The summed E-state index contributed by atoms with van der Waals surface area (Å²) in [5.74, 6) is 1.65. The van der Waals surface area contributed by atoms with Crippen LogP contribution in [0.1, 0.15) is 10.4 Å². The molecule has 0 bridgehead atoms. The molecule has 1 aromatic heterocycles. The maximum Gasteiger partial charge on any atom is 0.259 e. The number of pyridine rings is 1. The summed E-state index contributed by atoms with van der Waals surface area (Å²) in [5, 5.41) is 6.02. The van der Waals surface area contributed by atoms with Crippen LogP contribution in [-0.4, -0.2) is 25.1 Å². The first-order valence-corrected chi connectivity index (χ1v) is 8.01. The van der Waals surface area contributed by atoms with Gasteiger partial charge in [0.1, 0.15) is 17.3 Å². The van der Waals surface area contributed by atoms with Crippen LogP contribution >= 0.6 is 0 Å². The van der Waals surface area contributed by atoms with Crippen molar-refractivity contribution >= 4 is 23.1 Å². The van der Waals surface area contributed by atoms with Gasteiger partial charge in [-0.1, -0.05) is 6.07 Å². The normalized spacial score (nSPS) is 10.1. The van der Waals surface area contributed by atoms with Gasteiger partial charge in [0.25, 0.3) is 5.91 Å². The number of hydrogen-bond donors (Lipinski definition) is 2. The molecule has 0 fully saturated rings. The van der Waals surface area contributed by atoms with Gasteiger partial charge in [-0.3, -0.25) is 4.79 Å². The van der Waals surface area contributed by atoms with Crippen LogP contribution in [0.15, 0.2) is 66.9 Å². The highest BCUT2D eigenvalue weighted by atomic mass is 16.5. The van der Waals surface area contributed by atoms with Crippen molar-refractivity contribution < 1.29 is 14.3 Å². The topological polar surface area (TPSA) is 72.5 Å².